The summed E-state index contributed by atoms with van der Waals surface area (Å²) in [5.74, 6) is 0.218. The lowest BCUT2D eigenvalue weighted by molar-refractivity contribution is 0.102. The molecular formula is C25H30N4O5S2. The minimum atomic E-state index is -3.82. The maximum Gasteiger partial charge on any atom is 0.255 e. The third-order valence-corrected chi connectivity index (χ3v) is 8.85. The molecule has 2 N–H and O–H groups in total. The van der Waals surface area contributed by atoms with Crippen molar-refractivity contribution in [3.05, 3.63) is 47.3 Å². The zero-order chi connectivity index (χ0) is 25.7. The fraction of sp³-hybridized carbons (Fsp3) is 0.360. The normalized spacial score (nSPS) is 14.6. The molecule has 9 nitrogen and oxygen atoms in total. The van der Waals surface area contributed by atoms with Crippen LogP contribution in [0, 0.1) is 0 Å². The van der Waals surface area contributed by atoms with Gasteiger partial charge in [-0.3, -0.25) is 4.79 Å². The minimum absolute atomic E-state index is 0.0117. The van der Waals surface area contributed by atoms with Crippen LogP contribution in [-0.4, -0.2) is 58.0 Å². The summed E-state index contributed by atoms with van der Waals surface area (Å²) >= 11 is 1.48. The molecule has 1 fully saturated rings. The van der Waals surface area contributed by atoms with E-state index in [1.807, 2.05) is 11.4 Å². The number of anilines is 2. The maximum absolute atomic E-state index is 13.5. The predicted octanol–water partition coefficient (Wildman–Crippen LogP) is 4.69. The second kappa shape index (κ2) is 11.3. The number of carbonyl (C=O) groups is 1. The number of methoxy groups -OCH3 is 2. The van der Waals surface area contributed by atoms with E-state index >= 15 is 0 Å². The molecule has 3 aromatic rings. The molecule has 1 saturated heterocycles. The Bertz CT molecular complexity index is 1330. The van der Waals surface area contributed by atoms with E-state index in [-0.39, 0.29) is 16.2 Å². The number of sulfonamides is 1. The van der Waals surface area contributed by atoms with Crippen molar-refractivity contribution in [2.45, 2.75) is 30.6 Å². The molecule has 11 heteroatoms. The van der Waals surface area contributed by atoms with Gasteiger partial charge < -0.3 is 20.1 Å². The first kappa shape index (κ1) is 25.9. The van der Waals surface area contributed by atoms with Gasteiger partial charge in [-0.15, -0.1) is 11.3 Å². The second-order valence-corrected chi connectivity index (χ2v) is 11.1. The number of benzene rings is 2. The van der Waals surface area contributed by atoms with Crippen LogP contribution in [-0.2, 0) is 10.0 Å². The third-order valence-electron chi connectivity index (χ3n) is 6.07. The lowest BCUT2D eigenvalue weighted by Crippen LogP contribution is -2.32. The van der Waals surface area contributed by atoms with Crippen molar-refractivity contribution < 1.29 is 22.7 Å². The van der Waals surface area contributed by atoms with Crippen molar-refractivity contribution in [1.82, 2.24) is 9.29 Å². The molecule has 2 heterocycles. The van der Waals surface area contributed by atoms with Crippen molar-refractivity contribution in [3.8, 4) is 22.8 Å². The molecule has 0 atom stereocenters. The van der Waals surface area contributed by atoms with Gasteiger partial charge in [-0.05, 0) is 49.2 Å². The van der Waals surface area contributed by atoms with Gasteiger partial charge in [0.15, 0.2) is 5.13 Å². The highest BCUT2D eigenvalue weighted by molar-refractivity contribution is 7.89. The number of nitrogens with zero attached hydrogens (tertiary/aromatic N) is 2. The number of hydrogen-bond acceptors (Lipinski definition) is 8. The summed E-state index contributed by atoms with van der Waals surface area (Å²) in [6.07, 6.45) is 3.63. The first-order valence-corrected chi connectivity index (χ1v) is 14.0. The molecule has 4 rings (SSSR count). The molecule has 1 aromatic heterocycles. The van der Waals surface area contributed by atoms with E-state index in [2.05, 4.69) is 15.6 Å². The van der Waals surface area contributed by atoms with Gasteiger partial charge >= 0.3 is 0 Å². The van der Waals surface area contributed by atoms with E-state index in [1.165, 1.54) is 42.0 Å². The highest BCUT2D eigenvalue weighted by Gasteiger charge is 2.29. The molecule has 0 bridgehead atoms. The third kappa shape index (κ3) is 5.48. The van der Waals surface area contributed by atoms with Gasteiger partial charge in [-0.2, -0.15) is 4.31 Å². The quantitative estimate of drug-likeness (QED) is 0.435. The van der Waals surface area contributed by atoms with E-state index in [9.17, 15) is 13.2 Å². The lowest BCUT2D eigenvalue weighted by atomic mass is 10.1. The molecule has 0 spiro atoms. The number of aromatic nitrogens is 1. The minimum Gasteiger partial charge on any atom is -0.495 e. The Morgan fingerprint density at radius 2 is 1.69 bits per heavy atom. The summed E-state index contributed by atoms with van der Waals surface area (Å²) in [7, 11) is 0.923. The first-order chi connectivity index (χ1) is 17.4. The molecule has 192 valence electrons. The second-order valence-electron chi connectivity index (χ2n) is 8.34. The Labute approximate surface area is 215 Å². The van der Waals surface area contributed by atoms with Crippen LogP contribution in [0.5, 0.6) is 11.5 Å². The van der Waals surface area contributed by atoms with Crippen molar-refractivity contribution in [2.75, 3.05) is 45.0 Å². The van der Waals surface area contributed by atoms with Crippen molar-refractivity contribution in [1.29, 1.82) is 0 Å². The van der Waals surface area contributed by atoms with E-state index in [0.29, 0.717) is 24.5 Å². The average Bonchev–Trinajstić information content (AvgIpc) is 3.21. The van der Waals surface area contributed by atoms with Crippen LogP contribution in [0.15, 0.2) is 46.7 Å². The maximum atomic E-state index is 13.5. The highest BCUT2D eigenvalue weighted by Crippen LogP contribution is 2.33. The SMILES string of the molecule is CNc1nc(-c2ccc(OC)c(NC(=O)c3ccc(OC)c(S(=O)(=O)N4CCCCCC4)c3)c2)cs1. The van der Waals surface area contributed by atoms with Crippen LogP contribution in [0.4, 0.5) is 10.8 Å². The average molecular weight is 531 g/mol. The summed E-state index contributed by atoms with van der Waals surface area (Å²) in [5, 5.41) is 8.57. The number of carbonyl (C=O) groups excluding carboxylic acids is 1. The molecular weight excluding hydrogens is 500 g/mol. The Hall–Kier alpha value is -3.15. The number of ether oxygens (including phenoxy) is 2. The van der Waals surface area contributed by atoms with E-state index in [1.54, 1.807) is 25.2 Å². The van der Waals surface area contributed by atoms with Gasteiger partial charge in [-0.25, -0.2) is 13.4 Å². The molecule has 36 heavy (non-hydrogen) atoms. The van der Waals surface area contributed by atoms with Crippen LogP contribution in [0.25, 0.3) is 11.3 Å². The number of hydrogen-bond donors (Lipinski definition) is 2. The van der Waals surface area contributed by atoms with Crippen LogP contribution >= 0.6 is 11.3 Å². The summed E-state index contributed by atoms with van der Waals surface area (Å²) < 4.78 is 39.2. The molecule has 2 aromatic carbocycles. The predicted molar refractivity (Wildman–Crippen MR) is 142 cm³/mol. The fourth-order valence-corrected chi connectivity index (χ4v) is 6.50. The summed E-state index contributed by atoms with van der Waals surface area (Å²) in [6, 6.07) is 9.84. The zero-order valence-corrected chi connectivity index (χ0v) is 22.2. The largest absolute Gasteiger partial charge is 0.495 e. The molecule has 1 amide bonds. The standard InChI is InChI=1S/C25H30N4O5S2/c1-26-25-28-20(16-35-25)17-8-10-21(33-2)19(14-17)27-24(30)18-9-11-22(34-3)23(15-18)36(31,32)29-12-6-4-5-7-13-29/h8-11,14-16H,4-7,12-13H2,1-3H3,(H,26,28)(H,27,30). The molecule has 0 radical (unpaired) electrons. The monoisotopic (exact) mass is 530 g/mol. The van der Waals surface area contributed by atoms with E-state index < -0.39 is 15.9 Å². The topological polar surface area (TPSA) is 110 Å². The van der Waals surface area contributed by atoms with Gasteiger partial charge in [0.05, 0.1) is 25.6 Å². The van der Waals surface area contributed by atoms with E-state index in [0.717, 1.165) is 42.1 Å². The van der Waals surface area contributed by atoms with Gasteiger partial charge in [0, 0.05) is 36.6 Å². The Morgan fingerprint density at radius 1 is 1.00 bits per heavy atom. The summed E-state index contributed by atoms with van der Waals surface area (Å²) in [5.41, 5.74) is 2.22. The summed E-state index contributed by atoms with van der Waals surface area (Å²) in [4.78, 5) is 17.7. The number of thiazole rings is 1. The molecule has 0 unspecified atom stereocenters. The van der Waals surface area contributed by atoms with Crippen LogP contribution in [0.1, 0.15) is 36.0 Å². The number of amides is 1. The summed E-state index contributed by atoms with van der Waals surface area (Å²) in [6.45, 7) is 0.912. The van der Waals surface area contributed by atoms with E-state index in [4.69, 9.17) is 9.47 Å². The molecule has 1 aliphatic heterocycles. The smallest absolute Gasteiger partial charge is 0.255 e. The zero-order valence-electron chi connectivity index (χ0n) is 20.5. The highest BCUT2D eigenvalue weighted by atomic mass is 32.2. The van der Waals surface area contributed by atoms with Crippen LogP contribution in [0.3, 0.4) is 0 Å². The Balaban J connectivity index is 1.64. The van der Waals surface area contributed by atoms with Gasteiger partial charge in [0.25, 0.3) is 5.91 Å². The molecule has 0 saturated carbocycles. The van der Waals surface area contributed by atoms with Crippen LogP contribution in [0.2, 0.25) is 0 Å². The van der Waals surface area contributed by atoms with Gasteiger partial charge in [0.2, 0.25) is 10.0 Å². The Morgan fingerprint density at radius 3 is 2.33 bits per heavy atom. The van der Waals surface area contributed by atoms with Gasteiger partial charge in [0.1, 0.15) is 16.4 Å². The molecule has 0 aliphatic carbocycles. The number of rotatable bonds is 8. The van der Waals surface area contributed by atoms with Crippen molar-refractivity contribution in [2.24, 2.45) is 0 Å². The number of nitrogens with one attached hydrogen (secondary N) is 2. The van der Waals surface area contributed by atoms with Gasteiger partial charge in [-0.1, -0.05) is 12.8 Å². The van der Waals surface area contributed by atoms with Crippen molar-refractivity contribution in [3.63, 3.8) is 0 Å². The fourth-order valence-electron chi connectivity index (χ4n) is 4.12. The van der Waals surface area contributed by atoms with Crippen LogP contribution < -0.4 is 20.1 Å². The molecule has 1 aliphatic rings. The first-order valence-electron chi connectivity index (χ1n) is 11.7. The lowest BCUT2D eigenvalue weighted by Gasteiger charge is -2.21. The van der Waals surface area contributed by atoms with Crippen molar-refractivity contribution >= 4 is 38.1 Å². The Kier molecular flexibility index (Phi) is 8.12.